The number of aliphatic hydroxyl groups is 1. The maximum absolute atomic E-state index is 11.6. The van der Waals surface area contributed by atoms with Gasteiger partial charge in [0.25, 0.3) is 0 Å². The minimum atomic E-state index is -3.24. The molecule has 0 aromatic heterocycles. The molecule has 0 bridgehead atoms. The summed E-state index contributed by atoms with van der Waals surface area (Å²) < 4.78 is 23.2. The van der Waals surface area contributed by atoms with Crippen molar-refractivity contribution in [3.63, 3.8) is 0 Å². The highest BCUT2D eigenvalue weighted by atomic mass is 35.5. The Bertz CT molecular complexity index is 439. The number of rotatable bonds is 4. The zero-order valence-electron chi connectivity index (χ0n) is 9.22. The van der Waals surface area contributed by atoms with Crippen molar-refractivity contribution in [1.82, 2.24) is 0 Å². The number of hydrogen-bond donors (Lipinski definition) is 1. The second-order valence-electron chi connectivity index (χ2n) is 3.65. The Morgan fingerprint density at radius 2 is 1.81 bits per heavy atom. The van der Waals surface area contributed by atoms with Crippen LogP contribution in [0.25, 0.3) is 0 Å². The molecule has 5 heteroatoms. The normalized spacial score (nSPS) is 15.8. The van der Waals surface area contributed by atoms with E-state index in [0.717, 1.165) is 0 Å². The maximum atomic E-state index is 11.6. The molecule has 1 aromatic rings. The van der Waals surface area contributed by atoms with Gasteiger partial charge in [0.05, 0.1) is 11.4 Å². The van der Waals surface area contributed by atoms with E-state index in [-0.39, 0.29) is 5.75 Å². The second kappa shape index (κ2) is 5.17. The van der Waals surface area contributed by atoms with Gasteiger partial charge in [0.15, 0.2) is 9.84 Å². The predicted molar refractivity (Wildman–Crippen MR) is 65.3 cm³/mol. The SMILES string of the molecule is CCS(=O)(=O)[C@H](C)[C@H](O)c1ccc(Cl)cc1. The molecule has 2 atom stereocenters. The van der Waals surface area contributed by atoms with Gasteiger partial charge in [-0.3, -0.25) is 0 Å². The van der Waals surface area contributed by atoms with Crippen LogP contribution in [0.5, 0.6) is 0 Å². The molecule has 90 valence electrons. The van der Waals surface area contributed by atoms with Crippen molar-refractivity contribution >= 4 is 21.4 Å². The Kier molecular flexibility index (Phi) is 4.35. The van der Waals surface area contributed by atoms with E-state index in [9.17, 15) is 13.5 Å². The smallest absolute Gasteiger partial charge is 0.155 e. The monoisotopic (exact) mass is 262 g/mol. The predicted octanol–water partition coefficient (Wildman–Crippen LogP) is 2.20. The third kappa shape index (κ3) is 2.97. The standard InChI is InChI=1S/C11H15ClO3S/c1-3-16(14,15)8(2)11(13)9-4-6-10(12)7-5-9/h4-8,11,13H,3H2,1-2H3/t8-,11+/m1/s1. The van der Waals surface area contributed by atoms with Crippen LogP contribution in [0.15, 0.2) is 24.3 Å². The molecule has 0 aliphatic rings. The molecule has 0 aliphatic heterocycles. The first kappa shape index (κ1) is 13.5. The van der Waals surface area contributed by atoms with Crippen molar-refractivity contribution in [1.29, 1.82) is 0 Å². The minimum absolute atomic E-state index is 0.0266. The molecule has 16 heavy (non-hydrogen) atoms. The zero-order valence-corrected chi connectivity index (χ0v) is 10.8. The van der Waals surface area contributed by atoms with Crippen LogP contribution in [0.1, 0.15) is 25.5 Å². The largest absolute Gasteiger partial charge is 0.387 e. The summed E-state index contributed by atoms with van der Waals surface area (Å²) >= 11 is 5.71. The Balaban J connectivity index is 2.94. The number of aliphatic hydroxyl groups excluding tert-OH is 1. The third-order valence-electron chi connectivity index (χ3n) is 2.62. The van der Waals surface area contributed by atoms with E-state index >= 15 is 0 Å². The quantitative estimate of drug-likeness (QED) is 0.905. The lowest BCUT2D eigenvalue weighted by molar-refractivity contribution is 0.176. The Morgan fingerprint density at radius 1 is 1.31 bits per heavy atom. The molecular weight excluding hydrogens is 248 g/mol. The zero-order chi connectivity index (χ0) is 12.3. The number of hydrogen-bond acceptors (Lipinski definition) is 3. The summed E-state index contributed by atoms with van der Waals surface area (Å²) in [5.41, 5.74) is 0.564. The highest BCUT2D eigenvalue weighted by Gasteiger charge is 2.27. The van der Waals surface area contributed by atoms with Crippen molar-refractivity contribution in [2.75, 3.05) is 5.75 Å². The molecule has 0 unspecified atom stereocenters. The van der Waals surface area contributed by atoms with Gasteiger partial charge < -0.3 is 5.11 Å². The number of sulfone groups is 1. The summed E-state index contributed by atoms with van der Waals surface area (Å²) in [5, 5.41) is 9.67. The van der Waals surface area contributed by atoms with Gasteiger partial charge in [-0.15, -0.1) is 0 Å². The molecule has 1 N–H and O–H groups in total. The van der Waals surface area contributed by atoms with Gasteiger partial charge >= 0.3 is 0 Å². The van der Waals surface area contributed by atoms with Crippen molar-refractivity contribution in [3.8, 4) is 0 Å². The van der Waals surface area contributed by atoms with Crippen LogP contribution in [-0.4, -0.2) is 24.5 Å². The molecule has 0 aliphatic carbocycles. The van der Waals surface area contributed by atoms with E-state index in [0.29, 0.717) is 10.6 Å². The topological polar surface area (TPSA) is 54.4 Å². The van der Waals surface area contributed by atoms with E-state index in [1.54, 1.807) is 31.2 Å². The van der Waals surface area contributed by atoms with Gasteiger partial charge in [-0.2, -0.15) is 0 Å². The Hall–Kier alpha value is -0.580. The van der Waals surface area contributed by atoms with E-state index in [1.165, 1.54) is 6.92 Å². The van der Waals surface area contributed by atoms with E-state index in [2.05, 4.69) is 0 Å². The van der Waals surface area contributed by atoms with Gasteiger partial charge in [-0.25, -0.2) is 8.42 Å². The minimum Gasteiger partial charge on any atom is -0.387 e. The lowest BCUT2D eigenvalue weighted by Crippen LogP contribution is -2.26. The lowest BCUT2D eigenvalue weighted by atomic mass is 10.1. The molecular formula is C11H15ClO3S. The molecule has 0 heterocycles. The van der Waals surface area contributed by atoms with Crippen LogP contribution in [0.3, 0.4) is 0 Å². The van der Waals surface area contributed by atoms with Gasteiger partial charge in [-0.1, -0.05) is 30.7 Å². The summed E-state index contributed by atoms with van der Waals surface area (Å²) in [6.45, 7) is 3.08. The van der Waals surface area contributed by atoms with Crippen LogP contribution in [0.2, 0.25) is 5.02 Å². The van der Waals surface area contributed by atoms with Gasteiger partial charge in [0.2, 0.25) is 0 Å². The maximum Gasteiger partial charge on any atom is 0.155 e. The third-order valence-corrected chi connectivity index (χ3v) is 5.07. The Labute approximate surface area is 101 Å². The molecule has 0 saturated heterocycles. The number of benzene rings is 1. The number of halogens is 1. The van der Waals surface area contributed by atoms with Crippen LogP contribution in [0, 0.1) is 0 Å². The average Bonchev–Trinajstić information content (AvgIpc) is 2.28. The molecule has 0 spiro atoms. The van der Waals surface area contributed by atoms with E-state index in [4.69, 9.17) is 11.6 Å². The molecule has 0 saturated carbocycles. The van der Waals surface area contributed by atoms with Crippen molar-refractivity contribution in [2.24, 2.45) is 0 Å². The first-order valence-electron chi connectivity index (χ1n) is 5.03. The molecule has 0 amide bonds. The first-order chi connectivity index (χ1) is 7.38. The molecule has 0 fully saturated rings. The summed E-state index contributed by atoms with van der Waals surface area (Å²) in [6, 6.07) is 6.53. The van der Waals surface area contributed by atoms with E-state index < -0.39 is 21.2 Å². The van der Waals surface area contributed by atoms with Crippen LogP contribution in [0.4, 0.5) is 0 Å². The van der Waals surface area contributed by atoms with Gasteiger partial charge in [0.1, 0.15) is 0 Å². The highest BCUT2D eigenvalue weighted by molar-refractivity contribution is 7.92. The first-order valence-corrected chi connectivity index (χ1v) is 7.13. The summed E-state index contributed by atoms with van der Waals surface area (Å²) in [4.78, 5) is 0. The summed E-state index contributed by atoms with van der Waals surface area (Å²) in [6.07, 6.45) is -1.01. The Morgan fingerprint density at radius 3 is 2.25 bits per heavy atom. The molecule has 1 aromatic carbocycles. The van der Waals surface area contributed by atoms with Crippen molar-refractivity contribution in [3.05, 3.63) is 34.9 Å². The summed E-state index contributed by atoms with van der Waals surface area (Å²) in [7, 11) is -3.24. The van der Waals surface area contributed by atoms with Crippen molar-refractivity contribution in [2.45, 2.75) is 25.2 Å². The van der Waals surface area contributed by atoms with Gasteiger partial charge in [0, 0.05) is 10.8 Å². The van der Waals surface area contributed by atoms with Crippen LogP contribution >= 0.6 is 11.6 Å². The van der Waals surface area contributed by atoms with Gasteiger partial charge in [-0.05, 0) is 24.6 Å². The summed E-state index contributed by atoms with van der Waals surface area (Å²) in [5.74, 6) is 0.0266. The molecule has 3 nitrogen and oxygen atoms in total. The highest BCUT2D eigenvalue weighted by Crippen LogP contribution is 2.23. The fourth-order valence-corrected chi connectivity index (χ4v) is 2.59. The molecule has 0 radical (unpaired) electrons. The fraction of sp³-hybridized carbons (Fsp3) is 0.455. The van der Waals surface area contributed by atoms with Crippen LogP contribution in [-0.2, 0) is 9.84 Å². The fourth-order valence-electron chi connectivity index (χ4n) is 1.39. The average molecular weight is 263 g/mol. The van der Waals surface area contributed by atoms with Crippen LogP contribution < -0.4 is 0 Å². The van der Waals surface area contributed by atoms with E-state index in [1.807, 2.05) is 0 Å². The second-order valence-corrected chi connectivity index (χ2v) is 6.74. The van der Waals surface area contributed by atoms with Crippen molar-refractivity contribution < 1.29 is 13.5 Å². The lowest BCUT2D eigenvalue weighted by Gasteiger charge is -2.18. The molecule has 1 rings (SSSR count).